The van der Waals surface area contributed by atoms with Crippen molar-refractivity contribution in [2.75, 3.05) is 12.0 Å². The van der Waals surface area contributed by atoms with Gasteiger partial charge in [0.25, 0.3) is 0 Å². The van der Waals surface area contributed by atoms with Crippen LogP contribution in [0.4, 0.5) is 5.69 Å². The Bertz CT molecular complexity index is 491. The number of oxime groups is 1. The van der Waals surface area contributed by atoms with E-state index in [1.807, 2.05) is 0 Å². The molecule has 0 radical (unpaired) electrons. The molecule has 0 spiro atoms. The number of nitrogens with zero attached hydrogens (tertiary/aromatic N) is 1. The van der Waals surface area contributed by atoms with Gasteiger partial charge in [-0.3, -0.25) is 0 Å². The second kappa shape index (κ2) is 4.52. The first-order valence-electron chi connectivity index (χ1n) is 4.63. The van der Waals surface area contributed by atoms with Crippen LogP contribution in [0.15, 0.2) is 29.4 Å². The van der Waals surface area contributed by atoms with Crippen LogP contribution < -0.4 is 5.73 Å². The van der Waals surface area contributed by atoms with Crippen LogP contribution in [0.25, 0.3) is 0 Å². The summed E-state index contributed by atoms with van der Waals surface area (Å²) >= 11 is 0. The number of anilines is 1. The molecule has 6 heteroatoms. The number of hydrogen-bond acceptors (Lipinski definition) is 5. The molecule has 0 saturated carbocycles. The molecule has 0 aliphatic heterocycles. The highest BCUT2D eigenvalue weighted by molar-refractivity contribution is 7.92. The highest BCUT2D eigenvalue weighted by Crippen LogP contribution is 2.12. The maximum Gasteiger partial charge on any atom is 0.155 e. The van der Waals surface area contributed by atoms with Gasteiger partial charge in [0.15, 0.2) is 9.84 Å². The van der Waals surface area contributed by atoms with E-state index in [4.69, 9.17) is 10.9 Å². The lowest BCUT2D eigenvalue weighted by Gasteiger charge is -2.11. The summed E-state index contributed by atoms with van der Waals surface area (Å²) in [6, 6.07) is 6.48. The average Bonchev–Trinajstić information content (AvgIpc) is 2.20. The monoisotopic (exact) mass is 242 g/mol. The van der Waals surface area contributed by atoms with Gasteiger partial charge >= 0.3 is 0 Å². The van der Waals surface area contributed by atoms with E-state index < -0.39 is 15.1 Å². The maximum atomic E-state index is 11.4. The molecule has 3 N–H and O–H groups in total. The van der Waals surface area contributed by atoms with Crippen LogP contribution in [0.2, 0.25) is 0 Å². The molecule has 0 aliphatic carbocycles. The highest BCUT2D eigenvalue weighted by atomic mass is 32.2. The zero-order chi connectivity index (χ0) is 12.3. The summed E-state index contributed by atoms with van der Waals surface area (Å²) in [6.07, 6.45) is 1.10. The van der Waals surface area contributed by atoms with E-state index in [1.165, 1.54) is 6.92 Å². The van der Waals surface area contributed by atoms with Gasteiger partial charge in [-0.1, -0.05) is 17.3 Å². The average molecular weight is 242 g/mol. The zero-order valence-electron chi connectivity index (χ0n) is 9.08. The van der Waals surface area contributed by atoms with Crippen molar-refractivity contribution in [3.05, 3.63) is 29.8 Å². The number of benzene rings is 1. The molecule has 0 aromatic heterocycles. The quantitative estimate of drug-likeness (QED) is 0.356. The summed E-state index contributed by atoms with van der Waals surface area (Å²) in [6.45, 7) is 1.47. The minimum atomic E-state index is -3.29. The molecule has 0 fully saturated rings. The van der Waals surface area contributed by atoms with E-state index in [0.29, 0.717) is 11.3 Å². The minimum Gasteiger partial charge on any atom is -0.411 e. The normalized spacial score (nSPS) is 14.8. The largest absolute Gasteiger partial charge is 0.411 e. The number of hydrogen-bond donors (Lipinski definition) is 2. The number of rotatable bonds is 3. The van der Waals surface area contributed by atoms with Gasteiger partial charge in [0.2, 0.25) is 0 Å². The van der Waals surface area contributed by atoms with E-state index in [0.717, 1.165) is 6.26 Å². The first-order valence-corrected chi connectivity index (χ1v) is 6.58. The van der Waals surface area contributed by atoms with Crippen LogP contribution in [-0.4, -0.2) is 30.8 Å². The molecule has 1 aromatic carbocycles. The van der Waals surface area contributed by atoms with Gasteiger partial charge in [-0.2, -0.15) is 0 Å². The van der Waals surface area contributed by atoms with Gasteiger partial charge in [0.1, 0.15) is 11.0 Å². The van der Waals surface area contributed by atoms with Gasteiger partial charge < -0.3 is 10.9 Å². The summed E-state index contributed by atoms with van der Waals surface area (Å²) in [5, 5.41) is 11.1. The Hall–Kier alpha value is -1.56. The second-order valence-electron chi connectivity index (χ2n) is 3.58. The van der Waals surface area contributed by atoms with Crippen molar-refractivity contribution in [3.8, 4) is 0 Å². The van der Waals surface area contributed by atoms with Crippen molar-refractivity contribution in [3.63, 3.8) is 0 Å². The van der Waals surface area contributed by atoms with Crippen LogP contribution in [0.3, 0.4) is 0 Å². The van der Waals surface area contributed by atoms with Gasteiger partial charge in [-0.05, 0) is 19.1 Å². The molecular weight excluding hydrogens is 228 g/mol. The molecule has 1 aromatic rings. The Labute approximate surface area is 94.5 Å². The predicted octanol–water partition coefficient (Wildman–Crippen LogP) is 0.880. The molecule has 1 rings (SSSR count). The van der Waals surface area contributed by atoms with Crippen molar-refractivity contribution >= 4 is 21.2 Å². The fourth-order valence-corrected chi connectivity index (χ4v) is 1.82. The second-order valence-corrected chi connectivity index (χ2v) is 5.95. The Balaban J connectivity index is 3.15. The van der Waals surface area contributed by atoms with Gasteiger partial charge in [0, 0.05) is 17.5 Å². The summed E-state index contributed by atoms with van der Waals surface area (Å²) in [5.41, 5.74) is 6.72. The highest BCUT2D eigenvalue weighted by Gasteiger charge is 2.23. The Morgan fingerprint density at radius 3 is 2.25 bits per heavy atom. The minimum absolute atomic E-state index is 0.113. The van der Waals surface area contributed by atoms with Crippen molar-refractivity contribution < 1.29 is 13.6 Å². The predicted molar refractivity (Wildman–Crippen MR) is 63.5 cm³/mol. The van der Waals surface area contributed by atoms with E-state index in [-0.39, 0.29) is 5.71 Å². The van der Waals surface area contributed by atoms with Crippen LogP contribution in [0, 0.1) is 0 Å². The summed E-state index contributed by atoms with van der Waals surface area (Å²) in [5.74, 6) is 0. The van der Waals surface area contributed by atoms with E-state index >= 15 is 0 Å². The number of sulfone groups is 1. The fourth-order valence-electron chi connectivity index (χ4n) is 1.23. The molecule has 0 aliphatic rings. The zero-order valence-corrected chi connectivity index (χ0v) is 9.90. The molecule has 16 heavy (non-hydrogen) atoms. The molecule has 0 amide bonds. The SMILES string of the molecule is CC(C(=NO)c1ccc(N)cc1)S(C)(=O)=O. The van der Waals surface area contributed by atoms with Crippen molar-refractivity contribution in [1.29, 1.82) is 0 Å². The third-order valence-electron chi connectivity index (χ3n) is 2.34. The first kappa shape index (κ1) is 12.5. The van der Waals surface area contributed by atoms with E-state index in [1.54, 1.807) is 24.3 Å². The van der Waals surface area contributed by atoms with E-state index in [2.05, 4.69) is 5.16 Å². The van der Waals surface area contributed by atoms with E-state index in [9.17, 15) is 8.42 Å². The summed E-state index contributed by atoms with van der Waals surface area (Å²) in [7, 11) is -3.29. The molecule has 0 saturated heterocycles. The topological polar surface area (TPSA) is 92.8 Å². The molecule has 0 bridgehead atoms. The first-order chi connectivity index (χ1) is 7.36. The molecule has 1 atom stereocenters. The smallest absolute Gasteiger partial charge is 0.155 e. The standard InChI is InChI=1S/C10H14N2O3S/c1-7(16(2,14)15)10(12-13)8-3-5-9(11)6-4-8/h3-7,13H,11H2,1-2H3. The summed E-state index contributed by atoms with van der Waals surface area (Å²) in [4.78, 5) is 0. The van der Waals surface area contributed by atoms with Gasteiger partial charge in [0.05, 0.1) is 0 Å². The van der Waals surface area contributed by atoms with Gasteiger partial charge in [-0.25, -0.2) is 8.42 Å². The Morgan fingerprint density at radius 1 is 1.38 bits per heavy atom. The van der Waals surface area contributed by atoms with Crippen molar-refractivity contribution in [1.82, 2.24) is 0 Å². The lowest BCUT2D eigenvalue weighted by molar-refractivity contribution is 0.318. The van der Waals surface area contributed by atoms with Crippen LogP contribution >= 0.6 is 0 Å². The molecule has 1 unspecified atom stereocenters. The Morgan fingerprint density at radius 2 is 1.88 bits per heavy atom. The molecular formula is C10H14N2O3S. The van der Waals surface area contributed by atoms with Gasteiger partial charge in [-0.15, -0.1) is 0 Å². The molecule has 88 valence electrons. The van der Waals surface area contributed by atoms with Crippen molar-refractivity contribution in [2.24, 2.45) is 5.16 Å². The van der Waals surface area contributed by atoms with Crippen LogP contribution in [-0.2, 0) is 9.84 Å². The number of nitrogens with two attached hydrogens (primary N) is 1. The van der Waals surface area contributed by atoms with Crippen LogP contribution in [0.1, 0.15) is 12.5 Å². The third kappa shape index (κ3) is 2.73. The Kier molecular flexibility index (Phi) is 3.54. The molecule has 5 nitrogen and oxygen atoms in total. The molecule has 0 heterocycles. The lowest BCUT2D eigenvalue weighted by atomic mass is 10.1. The van der Waals surface area contributed by atoms with Crippen LogP contribution in [0.5, 0.6) is 0 Å². The maximum absolute atomic E-state index is 11.4. The third-order valence-corrected chi connectivity index (χ3v) is 3.85. The van der Waals surface area contributed by atoms with Crippen molar-refractivity contribution in [2.45, 2.75) is 12.2 Å². The fraction of sp³-hybridized carbons (Fsp3) is 0.300. The lowest BCUT2D eigenvalue weighted by Crippen LogP contribution is -2.27. The number of nitrogen functional groups attached to an aromatic ring is 1. The summed E-state index contributed by atoms with van der Waals surface area (Å²) < 4.78 is 22.7.